The van der Waals surface area contributed by atoms with Crippen LogP contribution < -0.4 is 5.32 Å². The lowest BCUT2D eigenvalue weighted by Crippen LogP contribution is -2.33. The summed E-state index contributed by atoms with van der Waals surface area (Å²) in [5, 5.41) is 6.40. The number of carbonyl (C=O) groups is 1. The number of halogens is 1. The van der Waals surface area contributed by atoms with Gasteiger partial charge in [-0.3, -0.25) is 4.79 Å². The molecule has 2 aromatic rings. The van der Waals surface area contributed by atoms with Gasteiger partial charge < -0.3 is 9.84 Å². The molecule has 1 N–H and O–H groups in total. The fourth-order valence-electron chi connectivity index (χ4n) is 2.63. The predicted octanol–water partition coefficient (Wildman–Crippen LogP) is 3.46. The van der Waals surface area contributed by atoms with Crippen molar-refractivity contribution >= 4 is 5.91 Å². The highest BCUT2D eigenvalue weighted by Gasteiger charge is 2.26. The molecule has 0 radical (unpaired) electrons. The van der Waals surface area contributed by atoms with E-state index in [9.17, 15) is 9.18 Å². The van der Waals surface area contributed by atoms with Gasteiger partial charge in [-0.05, 0) is 19.8 Å². The minimum Gasteiger partial charge on any atom is -0.352 e. The normalized spacial score (nSPS) is 15.3. The molecule has 0 saturated heterocycles. The number of aryl methyl sites for hydroxylation is 1. The number of hydrogen-bond acceptors (Lipinski definition) is 3. The van der Waals surface area contributed by atoms with Gasteiger partial charge in [-0.2, -0.15) is 4.39 Å². The summed E-state index contributed by atoms with van der Waals surface area (Å²) in [6.07, 6.45) is 4.08. The molecule has 1 fully saturated rings. The lowest BCUT2D eigenvalue weighted by atomic mass is 10.1. The molecule has 3 rings (SSSR count). The van der Waals surface area contributed by atoms with Crippen molar-refractivity contribution in [3.63, 3.8) is 0 Å². The molecule has 0 atom stereocenters. The predicted molar refractivity (Wildman–Crippen MR) is 76.4 cm³/mol. The van der Waals surface area contributed by atoms with Gasteiger partial charge >= 0.3 is 0 Å². The van der Waals surface area contributed by atoms with Crippen LogP contribution in [0.25, 0.3) is 11.3 Å². The van der Waals surface area contributed by atoms with Crippen LogP contribution in [0.5, 0.6) is 0 Å². The zero-order valence-electron chi connectivity index (χ0n) is 11.9. The summed E-state index contributed by atoms with van der Waals surface area (Å²) in [6.45, 7) is 1.95. The first-order valence-corrected chi connectivity index (χ1v) is 7.18. The number of carbonyl (C=O) groups excluding carboxylic acids is 1. The molecule has 1 aliphatic rings. The lowest BCUT2D eigenvalue weighted by molar-refractivity contribution is 0.0925. The first-order chi connectivity index (χ1) is 10.1. The summed E-state index contributed by atoms with van der Waals surface area (Å²) < 4.78 is 19.3. The second-order valence-corrected chi connectivity index (χ2v) is 5.50. The van der Waals surface area contributed by atoms with E-state index in [1.165, 1.54) is 0 Å². The molecule has 1 heterocycles. The SMILES string of the molecule is Cc1ccc(-c2onc(C(=O)NC3CCCC3)c2F)cc1. The summed E-state index contributed by atoms with van der Waals surface area (Å²) >= 11 is 0. The molecule has 21 heavy (non-hydrogen) atoms. The Balaban J connectivity index is 1.81. The van der Waals surface area contributed by atoms with Crippen LogP contribution in [0.15, 0.2) is 28.8 Å². The van der Waals surface area contributed by atoms with Crippen LogP contribution >= 0.6 is 0 Å². The van der Waals surface area contributed by atoms with Crippen LogP contribution in [0.3, 0.4) is 0 Å². The average molecular weight is 288 g/mol. The van der Waals surface area contributed by atoms with E-state index >= 15 is 0 Å². The van der Waals surface area contributed by atoms with Crippen LogP contribution in [0.2, 0.25) is 0 Å². The summed E-state index contributed by atoms with van der Waals surface area (Å²) in [5.41, 5.74) is 1.38. The minimum atomic E-state index is -0.700. The largest absolute Gasteiger partial charge is 0.352 e. The van der Waals surface area contributed by atoms with Crippen molar-refractivity contribution in [3.8, 4) is 11.3 Å². The van der Waals surface area contributed by atoms with E-state index in [0.29, 0.717) is 5.56 Å². The number of rotatable bonds is 3. The van der Waals surface area contributed by atoms with Crippen molar-refractivity contribution in [1.29, 1.82) is 0 Å². The van der Waals surface area contributed by atoms with Crippen LogP contribution in [-0.4, -0.2) is 17.1 Å². The van der Waals surface area contributed by atoms with E-state index in [-0.39, 0.29) is 17.5 Å². The van der Waals surface area contributed by atoms with Crippen LogP contribution in [0.1, 0.15) is 41.7 Å². The zero-order chi connectivity index (χ0) is 14.8. The highest BCUT2D eigenvalue weighted by molar-refractivity contribution is 5.93. The fourth-order valence-corrected chi connectivity index (χ4v) is 2.63. The monoisotopic (exact) mass is 288 g/mol. The van der Waals surface area contributed by atoms with Crippen molar-refractivity contribution in [1.82, 2.24) is 10.5 Å². The number of amides is 1. The van der Waals surface area contributed by atoms with Crippen LogP contribution in [0.4, 0.5) is 4.39 Å². The van der Waals surface area contributed by atoms with Gasteiger partial charge in [-0.15, -0.1) is 0 Å². The molecular formula is C16H17FN2O2. The Morgan fingerprint density at radius 1 is 1.29 bits per heavy atom. The Hall–Kier alpha value is -2.17. The maximum absolute atomic E-state index is 14.3. The molecule has 1 saturated carbocycles. The van der Waals surface area contributed by atoms with Crippen molar-refractivity contribution in [3.05, 3.63) is 41.3 Å². The number of hydrogen-bond donors (Lipinski definition) is 1. The third-order valence-electron chi connectivity index (χ3n) is 3.85. The van der Waals surface area contributed by atoms with E-state index in [4.69, 9.17) is 4.52 Å². The van der Waals surface area contributed by atoms with Gasteiger partial charge in [-0.1, -0.05) is 47.8 Å². The van der Waals surface area contributed by atoms with Crippen molar-refractivity contribution in [2.24, 2.45) is 0 Å². The molecule has 4 nitrogen and oxygen atoms in total. The Labute approximate surface area is 122 Å². The van der Waals surface area contributed by atoms with Crippen LogP contribution in [0, 0.1) is 12.7 Å². The second-order valence-electron chi connectivity index (χ2n) is 5.50. The van der Waals surface area contributed by atoms with Gasteiger partial charge in [-0.25, -0.2) is 0 Å². The number of nitrogens with zero attached hydrogens (tertiary/aromatic N) is 1. The molecular weight excluding hydrogens is 271 g/mol. The molecule has 1 aromatic carbocycles. The fraction of sp³-hybridized carbons (Fsp3) is 0.375. The standard InChI is InChI=1S/C16H17FN2O2/c1-10-6-8-11(9-7-10)15-13(17)14(19-21-15)16(20)18-12-4-2-3-5-12/h6-9,12H,2-5H2,1H3,(H,18,20). The maximum Gasteiger partial charge on any atom is 0.276 e. The van der Waals surface area contributed by atoms with E-state index in [1.54, 1.807) is 12.1 Å². The highest BCUT2D eigenvalue weighted by Crippen LogP contribution is 2.26. The molecule has 0 bridgehead atoms. The van der Waals surface area contributed by atoms with Gasteiger partial charge in [0.15, 0.2) is 0 Å². The average Bonchev–Trinajstić information content (AvgIpc) is 3.09. The van der Waals surface area contributed by atoms with Crippen LogP contribution in [-0.2, 0) is 0 Å². The second kappa shape index (κ2) is 5.68. The Kier molecular flexibility index (Phi) is 3.73. The first-order valence-electron chi connectivity index (χ1n) is 7.18. The van der Waals surface area contributed by atoms with E-state index in [2.05, 4.69) is 10.5 Å². The smallest absolute Gasteiger partial charge is 0.276 e. The third-order valence-corrected chi connectivity index (χ3v) is 3.85. The van der Waals surface area contributed by atoms with Gasteiger partial charge in [0, 0.05) is 11.6 Å². The van der Waals surface area contributed by atoms with Crippen molar-refractivity contribution in [2.45, 2.75) is 38.6 Å². The van der Waals surface area contributed by atoms with Gasteiger partial charge in [0.25, 0.3) is 5.91 Å². The molecule has 0 spiro atoms. The third kappa shape index (κ3) is 2.82. The Morgan fingerprint density at radius 3 is 2.62 bits per heavy atom. The number of nitrogens with one attached hydrogen (secondary N) is 1. The molecule has 5 heteroatoms. The first kappa shape index (κ1) is 13.8. The Bertz CT molecular complexity index is 643. The van der Waals surface area contributed by atoms with Gasteiger partial charge in [0.05, 0.1) is 0 Å². The minimum absolute atomic E-state index is 0.00609. The molecule has 1 aliphatic carbocycles. The number of benzene rings is 1. The van der Waals surface area contributed by atoms with E-state index in [0.717, 1.165) is 31.2 Å². The zero-order valence-corrected chi connectivity index (χ0v) is 11.9. The van der Waals surface area contributed by atoms with E-state index < -0.39 is 11.7 Å². The number of aromatic nitrogens is 1. The summed E-state index contributed by atoms with van der Waals surface area (Å²) in [4.78, 5) is 12.0. The topological polar surface area (TPSA) is 55.1 Å². The molecule has 0 aliphatic heterocycles. The van der Waals surface area contributed by atoms with Crippen molar-refractivity contribution < 1.29 is 13.7 Å². The molecule has 110 valence electrons. The van der Waals surface area contributed by atoms with Gasteiger partial charge in [0.1, 0.15) is 0 Å². The van der Waals surface area contributed by atoms with Gasteiger partial charge in [0.2, 0.25) is 17.3 Å². The highest BCUT2D eigenvalue weighted by atomic mass is 19.1. The quantitative estimate of drug-likeness (QED) is 0.941. The van der Waals surface area contributed by atoms with E-state index in [1.807, 2.05) is 19.1 Å². The summed E-state index contributed by atoms with van der Waals surface area (Å²) in [7, 11) is 0. The lowest BCUT2D eigenvalue weighted by Gasteiger charge is -2.09. The maximum atomic E-state index is 14.3. The summed E-state index contributed by atoms with van der Waals surface area (Å²) in [5.74, 6) is -1.19. The molecule has 0 unspecified atom stereocenters. The summed E-state index contributed by atoms with van der Waals surface area (Å²) in [6, 6.07) is 7.33. The Morgan fingerprint density at radius 2 is 1.95 bits per heavy atom. The van der Waals surface area contributed by atoms with Crippen molar-refractivity contribution in [2.75, 3.05) is 0 Å². The molecule has 1 aromatic heterocycles. The molecule has 1 amide bonds.